The number of fused-ring (bicyclic) bond motifs is 1. The molecule has 0 saturated carbocycles. The maximum Gasteiger partial charge on any atom is 0.416 e. The monoisotopic (exact) mass is 495 g/mol. The van der Waals surface area contributed by atoms with E-state index in [9.17, 15) is 18.0 Å². The molecule has 1 aliphatic carbocycles. The molecule has 2 aromatic carbocycles. The quantitative estimate of drug-likeness (QED) is 0.372. The van der Waals surface area contributed by atoms with E-state index in [1.54, 1.807) is 19.1 Å². The highest BCUT2D eigenvalue weighted by Gasteiger charge is 2.31. The number of hydrazone groups is 1. The summed E-state index contributed by atoms with van der Waals surface area (Å²) >= 11 is 11.9. The Kier molecular flexibility index (Phi) is 6.41. The molecule has 1 heterocycles. The second-order valence-electron chi connectivity index (χ2n) is 7.54. The highest BCUT2D eigenvalue weighted by molar-refractivity contribution is 6.42. The van der Waals surface area contributed by atoms with E-state index in [2.05, 4.69) is 15.8 Å². The molecular weight excluding hydrogens is 478 g/mol. The summed E-state index contributed by atoms with van der Waals surface area (Å²) in [6.07, 6.45) is -2.50. The molecule has 0 spiro atoms. The highest BCUT2D eigenvalue weighted by atomic mass is 35.5. The molecule has 1 amide bonds. The fourth-order valence-electron chi connectivity index (χ4n) is 3.66. The van der Waals surface area contributed by atoms with Crippen molar-refractivity contribution < 1.29 is 22.4 Å². The van der Waals surface area contributed by atoms with Crippen molar-refractivity contribution in [2.45, 2.75) is 32.4 Å². The smallest absolute Gasteiger partial charge is 0.416 e. The summed E-state index contributed by atoms with van der Waals surface area (Å²) < 4.78 is 44.7. The third-order valence-corrected chi connectivity index (χ3v) is 5.96. The van der Waals surface area contributed by atoms with Gasteiger partial charge in [0.05, 0.1) is 27.0 Å². The number of hydrogen-bond acceptors (Lipinski definition) is 4. The van der Waals surface area contributed by atoms with Crippen LogP contribution in [0.25, 0.3) is 0 Å². The predicted molar refractivity (Wildman–Crippen MR) is 122 cm³/mol. The topological polar surface area (TPSA) is 66.6 Å². The number of hydrogen-bond donors (Lipinski definition) is 2. The van der Waals surface area contributed by atoms with E-state index < -0.39 is 17.6 Å². The van der Waals surface area contributed by atoms with E-state index in [-0.39, 0.29) is 11.4 Å². The number of rotatable bonds is 4. The number of halogens is 5. The van der Waals surface area contributed by atoms with Crippen LogP contribution in [-0.2, 0) is 12.6 Å². The zero-order chi connectivity index (χ0) is 23.8. The summed E-state index contributed by atoms with van der Waals surface area (Å²) in [5.41, 5.74) is 4.52. The molecule has 0 radical (unpaired) electrons. The molecule has 172 valence electrons. The lowest BCUT2D eigenvalue weighted by Gasteiger charge is -2.14. The summed E-state index contributed by atoms with van der Waals surface area (Å²) in [5, 5.41) is 7.74. The van der Waals surface area contributed by atoms with Crippen LogP contribution >= 0.6 is 23.2 Å². The first-order chi connectivity index (χ1) is 15.6. The summed E-state index contributed by atoms with van der Waals surface area (Å²) in [4.78, 5) is 12.8. The van der Waals surface area contributed by atoms with Crippen LogP contribution in [0, 0.1) is 6.92 Å². The van der Waals surface area contributed by atoms with E-state index in [4.69, 9.17) is 27.6 Å². The first-order valence-electron chi connectivity index (χ1n) is 10.0. The van der Waals surface area contributed by atoms with Crippen molar-refractivity contribution in [3.63, 3.8) is 0 Å². The Balaban J connectivity index is 1.58. The molecule has 0 atom stereocenters. The molecule has 0 fully saturated rings. The van der Waals surface area contributed by atoms with Gasteiger partial charge >= 0.3 is 6.18 Å². The van der Waals surface area contributed by atoms with Gasteiger partial charge in [-0.2, -0.15) is 18.3 Å². The minimum Gasteiger partial charge on any atom is -0.455 e. The lowest BCUT2D eigenvalue weighted by atomic mass is 9.93. The Morgan fingerprint density at radius 3 is 2.58 bits per heavy atom. The average Bonchev–Trinajstić information content (AvgIpc) is 3.12. The molecule has 1 aliphatic rings. The van der Waals surface area contributed by atoms with Gasteiger partial charge in [0.1, 0.15) is 5.76 Å². The third-order valence-electron chi connectivity index (χ3n) is 5.22. The molecule has 4 rings (SSSR count). The number of carbonyl (C=O) groups excluding carboxylic acids is 1. The fraction of sp³-hybridized carbons (Fsp3) is 0.217. The van der Waals surface area contributed by atoms with Gasteiger partial charge in [-0.3, -0.25) is 10.2 Å². The SMILES string of the molecule is Cc1c(C(=O)Nc2ccc(Cl)c(Cl)c2)oc2c1/C(=N/Nc1cccc(C(F)(F)F)c1)CCC2. The molecule has 0 bridgehead atoms. The molecule has 1 aromatic heterocycles. The second kappa shape index (κ2) is 9.11. The Morgan fingerprint density at radius 1 is 1.06 bits per heavy atom. The van der Waals surface area contributed by atoms with E-state index in [1.807, 2.05) is 0 Å². The van der Waals surface area contributed by atoms with Crippen LogP contribution in [-0.4, -0.2) is 11.6 Å². The Labute approximate surface area is 197 Å². The summed E-state index contributed by atoms with van der Waals surface area (Å²) in [7, 11) is 0. The molecule has 2 N–H and O–H groups in total. The van der Waals surface area contributed by atoms with Gasteiger partial charge in [0.25, 0.3) is 5.91 Å². The molecule has 0 unspecified atom stereocenters. The molecule has 10 heteroatoms. The van der Waals surface area contributed by atoms with Crippen molar-refractivity contribution >= 4 is 46.2 Å². The van der Waals surface area contributed by atoms with Crippen LogP contribution in [0.5, 0.6) is 0 Å². The van der Waals surface area contributed by atoms with E-state index in [1.165, 1.54) is 18.2 Å². The van der Waals surface area contributed by atoms with Gasteiger partial charge in [-0.05, 0) is 56.2 Å². The number of nitrogens with zero attached hydrogens (tertiary/aromatic N) is 1. The van der Waals surface area contributed by atoms with Crippen molar-refractivity contribution in [1.29, 1.82) is 0 Å². The van der Waals surface area contributed by atoms with Crippen LogP contribution in [0.1, 0.15) is 45.8 Å². The van der Waals surface area contributed by atoms with Gasteiger partial charge in [0.2, 0.25) is 0 Å². The average molecular weight is 496 g/mol. The maximum absolute atomic E-state index is 13.0. The van der Waals surface area contributed by atoms with Crippen LogP contribution in [0.2, 0.25) is 10.0 Å². The Hall–Kier alpha value is -2.97. The Morgan fingerprint density at radius 2 is 1.85 bits per heavy atom. The number of benzene rings is 2. The fourth-order valence-corrected chi connectivity index (χ4v) is 3.95. The van der Waals surface area contributed by atoms with Crippen molar-refractivity contribution in [1.82, 2.24) is 0 Å². The van der Waals surface area contributed by atoms with Gasteiger partial charge in [0.15, 0.2) is 5.76 Å². The second-order valence-corrected chi connectivity index (χ2v) is 8.35. The molecule has 0 aliphatic heterocycles. The summed E-state index contributed by atoms with van der Waals surface area (Å²) in [6.45, 7) is 1.75. The standard InChI is InChI=1S/C23H18Cl2F3N3O2/c1-12-20-18(31-30-15-5-2-4-13(10-15)23(26,27)28)6-3-7-19(20)33-21(12)22(32)29-14-8-9-16(24)17(25)11-14/h2,4-5,8-11,30H,3,6-7H2,1H3,(H,29,32)/b31-18+. The Bertz CT molecular complexity index is 1250. The van der Waals surface area contributed by atoms with E-state index in [0.29, 0.717) is 51.2 Å². The molecule has 33 heavy (non-hydrogen) atoms. The number of furan rings is 1. The minimum atomic E-state index is -4.44. The number of nitrogens with one attached hydrogen (secondary N) is 2. The first-order valence-corrected chi connectivity index (χ1v) is 10.8. The van der Waals surface area contributed by atoms with E-state index >= 15 is 0 Å². The van der Waals surface area contributed by atoms with Crippen molar-refractivity contribution in [2.24, 2.45) is 5.10 Å². The third kappa shape index (κ3) is 5.02. The van der Waals surface area contributed by atoms with Gasteiger partial charge < -0.3 is 9.73 Å². The predicted octanol–water partition coefficient (Wildman–Crippen LogP) is 7.32. The first kappa shape index (κ1) is 23.2. The van der Waals surface area contributed by atoms with Gasteiger partial charge in [-0.25, -0.2) is 0 Å². The number of carbonyl (C=O) groups is 1. The van der Waals surface area contributed by atoms with Crippen LogP contribution in [0.3, 0.4) is 0 Å². The largest absolute Gasteiger partial charge is 0.455 e. The van der Waals surface area contributed by atoms with Crippen LogP contribution in [0.4, 0.5) is 24.5 Å². The van der Waals surface area contributed by atoms with Crippen LogP contribution < -0.4 is 10.7 Å². The van der Waals surface area contributed by atoms with Crippen LogP contribution in [0.15, 0.2) is 52.0 Å². The number of aryl methyl sites for hydroxylation is 1. The van der Waals surface area contributed by atoms with Crippen molar-refractivity contribution in [3.05, 3.63) is 80.7 Å². The normalized spacial score (nSPS) is 14.8. The molecule has 3 aromatic rings. The summed E-state index contributed by atoms with van der Waals surface area (Å²) in [5.74, 6) is 0.299. The molecule has 5 nitrogen and oxygen atoms in total. The number of alkyl halides is 3. The minimum absolute atomic E-state index is 0.139. The highest BCUT2D eigenvalue weighted by Crippen LogP contribution is 2.33. The zero-order valence-corrected chi connectivity index (χ0v) is 18.8. The van der Waals surface area contributed by atoms with Crippen molar-refractivity contribution in [3.8, 4) is 0 Å². The molecular formula is C23H18Cl2F3N3O2. The lowest BCUT2D eigenvalue weighted by Crippen LogP contribution is -2.14. The zero-order valence-electron chi connectivity index (χ0n) is 17.3. The van der Waals surface area contributed by atoms with Crippen molar-refractivity contribution in [2.75, 3.05) is 10.7 Å². The number of amides is 1. The lowest BCUT2D eigenvalue weighted by molar-refractivity contribution is -0.137. The molecule has 0 saturated heterocycles. The maximum atomic E-state index is 13.0. The number of anilines is 2. The summed E-state index contributed by atoms with van der Waals surface area (Å²) in [6, 6.07) is 9.53. The van der Waals surface area contributed by atoms with Gasteiger partial charge in [-0.15, -0.1) is 0 Å². The van der Waals surface area contributed by atoms with Gasteiger partial charge in [0, 0.05) is 23.2 Å². The van der Waals surface area contributed by atoms with E-state index in [0.717, 1.165) is 18.6 Å². The van der Waals surface area contributed by atoms with Gasteiger partial charge in [-0.1, -0.05) is 29.3 Å².